The summed E-state index contributed by atoms with van der Waals surface area (Å²) in [5.41, 5.74) is 2.35. The molecule has 8 heteroatoms. The highest BCUT2D eigenvalue weighted by atomic mass is 79.9. The van der Waals surface area contributed by atoms with Crippen molar-refractivity contribution in [3.63, 3.8) is 0 Å². The monoisotopic (exact) mass is 376 g/mol. The molecule has 2 rings (SSSR count). The molecule has 0 unspecified atom stereocenters. The van der Waals surface area contributed by atoms with Gasteiger partial charge in [-0.25, -0.2) is 24.0 Å². The van der Waals surface area contributed by atoms with E-state index in [-0.39, 0.29) is 16.1 Å². The molecule has 0 amide bonds. The van der Waals surface area contributed by atoms with Crippen molar-refractivity contribution in [3.8, 4) is 0 Å². The molecule has 0 bridgehead atoms. The number of aromatic nitrogens is 1. The molecule has 0 saturated heterocycles. The molecule has 1 saturated carbocycles. The van der Waals surface area contributed by atoms with Gasteiger partial charge in [0, 0.05) is 17.2 Å². The van der Waals surface area contributed by atoms with Gasteiger partial charge in [0.2, 0.25) is 10.0 Å². The first kappa shape index (κ1) is 16.7. The molecule has 1 heterocycles. The number of hydrogen-bond acceptors (Lipinski definition) is 5. The van der Waals surface area contributed by atoms with E-state index in [9.17, 15) is 8.42 Å². The zero-order chi connectivity index (χ0) is 15.5. The van der Waals surface area contributed by atoms with Crippen LogP contribution in [0.3, 0.4) is 0 Å². The molecule has 0 spiro atoms. The van der Waals surface area contributed by atoms with E-state index >= 15 is 0 Å². The number of hydrogen-bond donors (Lipinski definition) is 3. The van der Waals surface area contributed by atoms with E-state index in [0.717, 1.165) is 25.7 Å². The second-order valence-corrected chi connectivity index (χ2v) is 8.49. The van der Waals surface area contributed by atoms with E-state index in [1.165, 1.54) is 18.7 Å². The van der Waals surface area contributed by atoms with Gasteiger partial charge in [-0.15, -0.1) is 0 Å². The number of hydrazine groups is 1. The topological polar surface area (TPSA) is 97.1 Å². The molecule has 1 aliphatic rings. The maximum Gasteiger partial charge on any atom is 0.244 e. The van der Waals surface area contributed by atoms with Crippen LogP contribution in [0.15, 0.2) is 21.6 Å². The molecular formula is C13H21BrN4O2S. The first-order valence-electron chi connectivity index (χ1n) is 6.98. The molecule has 1 aliphatic carbocycles. The first-order chi connectivity index (χ1) is 9.86. The summed E-state index contributed by atoms with van der Waals surface area (Å²) in [4.78, 5) is 4.03. The standard InChI is InChI=1S/C13H21BrN4O2S/c1-13(5-3-2-4-6-13)9-17-21(19,20)11-7-10(14)8-16-12(11)18-15/h7-8,17H,2-6,9,15H2,1H3,(H,16,18). The molecule has 21 heavy (non-hydrogen) atoms. The number of nitrogen functional groups attached to an aromatic ring is 1. The van der Waals surface area contributed by atoms with Gasteiger partial charge in [-0.05, 0) is 40.3 Å². The summed E-state index contributed by atoms with van der Waals surface area (Å²) in [6, 6.07) is 1.49. The summed E-state index contributed by atoms with van der Waals surface area (Å²) in [5, 5.41) is 0. The summed E-state index contributed by atoms with van der Waals surface area (Å²) in [7, 11) is -3.65. The second-order valence-electron chi connectivity index (χ2n) is 5.84. The Balaban J connectivity index is 2.17. The van der Waals surface area contributed by atoms with E-state index in [1.807, 2.05) is 0 Å². The van der Waals surface area contributed by atoms with Crippen LogP contribution in [0.2, 0.25) is 0 Å². The molecule has 0 aromatic carbocycles. The van der Waals surface area contributed by atoms with Gasteiger partial charge < -0.3 is 5.43 Å². The maximum atomic E-state index is 12.5. The summed E-state index contributed by atoms with van der Waals surface area (Å²) in [6.45, 7) is 2.57. The fourth-order valence-electron chi connectivity index (χ4n) is 2.66. The fourth-order valence-corrected chi connectivity index (χ4v) is 4.49. The number of nitrogens with two attached hydrogens (primary N) is 1. The number of nitrogens with zero attached hydrogens (tertiary/aromatic N) is 1. The maximum absolute atomic E-state index is 12.5. The molecule has 0 radical (unpaired) electrons. The smallest absolute Gasteiger partial charge is 0.244 e. The molecule has 1 aromatic rings. The predicted molar refractivity (Wildman–Crippen MR) is 86.1 cm³/mol. The van der Waals surface area contributed by atoms with Crippen LogP contribution in [-0.4, -0.2) is 19.9 Å². The first-order valence-corrected chi connectivity index (χ1v) is 9.26. The van der Waals surface area contributed by atoms with Crippen LogP contribution in [0.5, 0.6) is 0 Å². The van der Waals surface area contributed by atoms with Gasteiger partial charge in [0.1, 0.15) is 4.90 Å². The van der Waals surface area contributed by atoms with E-state index in [1.54, 1.807) is 0 Å². The van der Waals surface area contributed by atoms with Crippen LogP contribution >= 0.6 is 15.9 Å². The van der Waals surface area contributed by atoms with Crippen LogP contribution in [0.4, 0.5) is 5.82 Å². The van der Waals surface area contributed by atoms with Crippen molar-refractivity contribution in [1.82, 2.24) is 9.71 Å². The van der Waals surface area contributed by atoms with Crippen LogP contribution in [0, 0.1) is 5.41 Å². The second kappa shape index (κ2) is 6.60. The van der Waals surface area contributed by atoms with Crippen LogP contribution in [-0.2, 0) is 10.0 Å². The van der Waals surface area contributed by atoms with E-state index in [4.69, 9.17) is 5.84 Å². The lowest BCUT2D eigenvalue weighted by atomic mass is 9.76. The van der Waals surface area contributed by atoms with Crippen molar-refractivity contribution in [2.75, 3.05) is 12.0 Å². The largest absolute Gasteiger partial charge is 0.307 e. The minimum absolute atomic E-state index is 0.0288. The lowest BCUT2D eigenvalue weighted by Gasteiger charge is -2.33. The molecule has 0 atom stereocenters. The Hall–Kier alpha value is -0.700. The molecule has 1 aromatic heterocycles. The van der Waals surface area contributed by atoms with Gasteiger partial charge in [-0.1, -0.05) is 26.2 Å². The highest BCUT2D eigenvalue weighted by Gasteiger charge is 2.29. The SMILES string of the molecule is CC1(CNS(=O)(=O)c2cc(Br)cnc2NN)CCCCC1. The third-order valence-electron chi connectivity index (χ3n) is 4.00. The number of halogens is 1. The van der Waals surface area contributed by atoms with Gasteiger partial charge in [0.15, 0.2) is 5.82 Å². The lowest BCUT2D eigenvalue weighted by molar-refractivity contribution is 0.219. The minimum atomic E-state index is -3.65. The molecule has 118 valence electrons. The fraction of sp³-hybridized carbons (Fsp3) is 0.615. The Kier molecular flexibility index (Phi) is 5.24. The zero-order valence-corrected chi connectivity index (χ0v) is 14.4. The van der Waals surface area contributed by atoms with Crippen molar-refractivity contribution >= 4 is 31.8 Å². The number of anilines is 1. The molecular weight excluding hydrogens is 356 g/mol. The third-order valence-corrected chi connectivity index (χ3v) is 5.84. The number of sulfonamides is 1. The van der Waals surface area contributed by atoms with Crippen LogP contribution in [0.25, 0.3) is 0 Å². The molecule has 4 N–H and O–H groups in total. The Bertz CT molecular complexity index is 600. The van der Waals surface area contributed by atoms with Crippen molar-refractivity contribution in [3.05, 3.63) is 16.7 Å². The molecule has 6 nitrogen and oxygen atoms in total. The Labute approximate surface area is 134 Å². The molecule has 0 aliphatic heterocycles. The van der Waals surface area contributed by atoms with Gasteiger partial charge in [-0.2, -0.15) is 0 Å². The zero-order valence-electron chi connectivity index (χ0n) is 12.0. The van der Waals surface area contributed by atoms with Crippen LogP contribution < -0.4 is 16.0 Å². The third kappa shape index (κ3) is 4.15. The normalized spacial score (nSPS) is 18.4. The van der Waals surface area contributed by atoms with Gasteiger partial charge in [-0.3, -0.25) is 0 Å². The van der Waals surface area contributed by atoms with Gasteiger partial charge >= 0.3 is 0 Å². The summed E-state index contributed by atoms with van der Waals surface area (Å²) < 4.78 is 28.3. The average Bonchev–Trinajstić information content (AvgIpc) is 2.46. The Morgan fingerprint density at radius 2 is 2.05 bits per heavy atom. The van der Waals surface area contributed by atoms with E-state index in [2.05, 4.69) is 38.0 Å². The number of rotatable bonds is 5. The van der Waals surface area contributed by atoms with Gasteiger partial charge in [0.25, 0.3) is 0 Å². The highest BCUT2D eigenvalue weighted by molar-refractivity contribution is 9.10. The minimum Gasteiger partial charge on any atom is -0.307 e. The Morgan fingerprint density at radius 1 is 1.38 bits per heavy atom. The van der Waals surface area contributed by atoms with Gasteiger partial charge in [0.05, 0.1) is 0 Å². The van der Waals surface area contributed by atoms with Crippen molar-refractivity contribution in [2.24, 2.45) is 11.3 Å². The quantitative estimate of drug-likeness (QED) is 0.541. The van der Waals surface area contributed by atoms with E-state index < -0.39 is 10.0 Å². The Morgan fingerprint density at radius 3 is 2.67 bits per heavy atom. The van der Waals surface area contributed by atoms with Crippen molar-refractivity contribution < 1.29 is 8.42 Å². The highest BCUT2D eigenvalue weighted by Crippen LogP contribution is 2.35. The summed E-state index contributed by atoms with van der Waals surface area (Å²) >= 11 is 3.23. The van der Waals surface area contributed by atoms with E-state index in [0.29, 0.717) is 11.0 Å². The van der Waals surface area contributed by atoms with Crippen molar-refractivity contribution in [2.45, 2.75) is 43.9 Å². The number of pyridine rings is 1. The number of nitrogens with one attached hydrogen (secondary N) is 2. The summed E-state index contributed by atoms with van der Waals surface area (Å²) in [6.07, 6.45) is 7.15. The summed E-state index contributed by atoms with van der Waals surface area (Å²) in [5.74, 6) is 5.48. The van der Waals surface area contributed by atoms with Crippen LogP contribution in [0.1, 0.15) is 39.0 Å². The average molecular weight is 377 g/mol. The van der Waals surface area contributed by atoms with Crippen molar-refractivity contribution in [1.29, 1.82) is 0 Å². The lowest BCUT2D eigenvalue weighted by Crippen LogP contribution is -2.37. The predicted octanol–water partition coefficient (Wildman–Crippen LogP) is 2.38. The molecule has 1 fully saturated rings.